The number of aromatic carboxylic acids is 1. The highest BCUT2D eigenvalue weighted by Crippen LogP contribution is 2.36. The average molecular weight is 268 g/mol. The average Bonchev–Trinajstić information content (AvgIpc) is 2.63. The van der Waals surface area contributed by atoms with E-state index >= 15 is 0 Å². The molecule has 1 aliphatic rings. The third-order valence-corrected chi connectivity index (χ3v) is 4.57. The molecule has 0 spiro atoms. The standard InChI is InChI=1S/C13H20N2O2S/c1-8-10(11(16)17)15-12(18-8)14-9-4-6-13(2,3)7-5-9/h9H,4-7H2,1-3H3,(H,14,15)(H,16,17). The van der Waals surface area contributed by atoms with Gasteiger partial charge in [0, 0.05) is 10.9 Å². The molecule has 1 aromatic rings. The number of anilines is 1. The van der Waals surface area contributed by atoms with Crippen molar-refractivity contribution < 1.29 is 9.90 Å². The Morgan fingerprint density at radius 2 is 2.06 bits per heavy atom. The van der Waals surface area contributed by atoms with E-state index < -0.39 is 5.97 Å². The molecule has 4 nitrogen and oxygen atoms in total. The summed E-state index contributed by atoms with van der Waals surface area (Å²) < 4.78 is 0. The smallest absolute Gasteiger partial charge is 0.355 e. The molecular weight excluding hydrogens is 248 g/mol. The normalized spacial score (nSPS) is 19.7. The molecule has 0 saturated heterocycles. The first-order valence-corrected chi connectivity index (χ1v) is 7.16. The molecule has 0 unspecified atom stereocenters. The van der Waals surface area contributed by atoms with E-state index in [0.29, 0.717) is 11.5 Å². The van der Waals surface area contributed by atoms with Crippen molar-refractivity contribution >= 4 is 22.4 Å². The third kappa shape index (κ3) is 3.02. The number of thiazole rings is 1. The largest absolute Gasteiger partial charge is 0.476 e. The van der Waals surface area contributed by atoms with Crippen LogP contribution in [0.4, 0.5) is 5.13 Å². The van der Waals surface area contributed by atoms with Crippen molar-refractivity contribution in [3.8, 4) is 0 Å². The van der Waals surface area contributed by atoms with Crippen LogP contribution in [0.2, 0.25) is 0 Å². The van der Waals surface area contributed by atoms with Gasteiger partial charge in [0.05, 0.1) is 0 Å². The van der Waals surface area contributed by atoms with Crippen molar-refractivity contribution in [3.63, 3.8) is 0 Å². The van der Waals surface area contributed by atoms with Crippen LogP contribution in [0.1, 0.15) is 54.9 Å². The van der Waals surface area contributed by atoms with Crippen LogP contribution >= 0.6 is 11.3 Å². The molecule has 0 atom stereocenters. The number of carbonyl (C=O) groups is 1. The van der Waals surface area contributed by atoms with Crippen molar-refractivity contribution in [2.24, 2.45) is 5.41 Å². The lowest BCUT2D eigenvalue weighted by Gasteiger charge is -2.34. The molecular formula is C13H20N2O2S. The predicted octanol–water partition coefficient (Wildman–Crippen LogP) is 3.53. The molecule has 2 N–H and O–H groups in total. The molecule has 100 valence electrons. The topological polar surface area (TPSA) is 62.2 Å². The fourth-order valence-corrected chi connectivity index (χ4v) is 3.26. The number of rotatable bonds is 3. The molecule has 1 heterocycles. The summed E-state index contributed by atoms with van der Waals surface area (Å²) in [4.78, 5) is 15.8. The first-order valence-electron chi connectivity index (χ1n) is 6.35. The molecule has 0 amide bonds. The van der Waals surface area contributed by atoms with Gasteiger partial charge >= 0.3 is 5.97 Å². The van der Waals surface area contributed by atoms with E-state index in [9.17, 15) is 4.79 Å². The fourth-order valence-electron chi connectivity index (χ4n) is 2.37. The van der Waals surface area contributed by atoms with Crippen LogP contribution in [-0.4, -0.2) is 22.1 Å². The van der Waals surface area contributed by atoms with Crippen LogP contribution in [0.5, 0.6) is 0 Å². The molecule has 0 bridgehead atoms. The predicted molar refractivity (Wildman–Crippen MR) is 73.5 cm³/mol. The lowest BCUT2D eigenvalue weighted by Crippen LogP contribution is -2.29. The van der Waals surface area contributed by atoms with Crippen LogP contribution in [0.15, 0.2) is 0 Å². The molecule has 2 rings (SSSR count). The molecule has 5 heteroatoms. The number of hydrogen-bond donors (Lipinski definition) is 2. The van der Waals surface area contributed by atoms with Gasteiger partial charge in [-0.2, -0.15) is 0 Å². The minimum absolute atomic E-state index is 0.179. The monoisotopic (exact) mass is 268 g/mol. The van der Waals surface area contributed by atoms with Crippen molar-refractivity contribution in [1.82, 2.24) is 4.98 Å². The number of aromatic nitrogens is 1. The molecule has 0 radical (unpaired) electrons. The van der Waals surface area contributed by atoms with Crippen LogP contribution in [0, 0.1) is 12.3 Å². The van der Waals surface area contributed by atoms with Gasteiger partial charge in [-0.15, -0.1) is 11.3 Å². The van der Waals surface area contributed by atoms with Gasteiger partial charge in [0.2, 0.25) is 0 Å². The Kier molecular flexibility index (Phi) is 3.61. The number of nitrogens with one attached hydrogen (secondary N) is 1. The summed E-state index contributed by atoms with van der Waals surface area (Å²) in [5, 5.41) is 13.1. The Labute approximate surface area is 111 Å². The molecule has 1 aromatic heterocycles. The first kappa shape index (κ1) is 13.3. The summed E-state index contributed by atoms with van der Waals surface area (Å²) in [7, 11) is 0. The second-order valence-electron chi connectivity index (χ2n) is 5.81. The first-order chi connectivity index (χ1) is 8.37. The van der Waals surface area contributed by atoms with E-state index in [1.165, 1.54) is 24.2 Å². The Balaban J connectivity index is 1.98. The van der Waals surface area contributed by atoms with E-state index in [0.717, 1.165) is 22.9 Å². The number of nitrogens with zero attached hydrogens (tertiary/aromatic N) is 1. The fraction of sp³-hybridized carbons (Fsp3) is 0.692. The maximum Gasteiger partial charge on any atom is 0.355 e. The highest BCUT2D eigenvalue weighted by molar-refractivity contribution is 7.15. The quantitative estimate of drug-likeness (QED) is 0.880. The zero-order chi connectivity index (χ0) is 13.3. The van der Waals surface area contributed by atoms with Gasteiger partial charge in [-0.3, -0.25) is 0 Å². The van der Waals surface area contributed by atoms with Crippen molar-refractivity contribution in [3.05, 3.63) is 10.6 Å². The zero-order valence-corrected chi connectivity index (χ0v) is 11.9. The van der Waals surface area contributed by atoms with Gasteiger partial charge in [-0.25, -0.2) is 9.78 Å². The van der Waals surface area contributed by atoms with Gasteiger partial charge in [0.25, 0.3) is 0 Å². The van der Waals surface area contributed by atoms with Gasteiger partial charge in [-0.1, -0.05) is 13.8 Å². The number of aryl methyl sites for hydroxylation is 1. The van der Waals surface area contributed by atoms with Gasteiger partial charge in [0.15, 0.2) is 10.8 Å². The lowest BCUT2D eigenvalue weighted by molar-refractivity contribution is 0.0690. The SMILES string of the molecule is Cc1sc(NC2CCC(C)(C)CC2)nc1C(=O)O. The molecule has 0 aromatic carbocycles. The Hall–Kier alpha value is -1.10. The van der Waals surface area contributed by atoms with Crippen LogP contribution in [0.3, 0.4) is 0 Å². The molecule has 1 fully saturated rings. The minimum atomic E-state index is -0.943. The number of hydrogen-bond acceptors (Lipinski definition) is 4. The van der Waals surface area contributed by atoms with Crippen molar-refractivity contribution in [2.45, 2.75) is 52.5 Å². The van der Waals surface area contributed by atoms with E-state index in [2.05, 4.69) is 24.1 Å². The molecule has 18 heavy (non-hydrogen) atoms. The van der Waals surface area contributed by atoms with Crippen LogP contribution < -0.4 is 5.32 Å². The van der Waals surface area contributed by atoms with E-state index in [1.54, 1.807) is 6.92 Å². The maximum absolute atomic E-state index is 10.9. The summed E-state index contributed by atoms with van der Waals surface area (Å²) in [6.07, 6.45) is 4.68. The number of carboxylic acids is 1. The summed E-state index contributed by atoms with van der Waals surface area (Å²) in [5.41, 5.74) is 0.627. The van der Waals surface area contributed by atoms with Crippen LogP contribution in [-0.2, 0) is 0 Å². The Bertz CT molecular complexity index is 444. The zero-order valence-electron chi connectivity index (χ0n) is 11.1. The molecule has 1 aliphatic carbocycles. The summed E-state index contributed by atoms with van der Waals surface area (Å²) in [6.45, 7) is 6.41. The molecule has 0 aliphatic heterocycles. The minimum Gasteiger partial charge on any atom is -0.476 e. The van der Waals surface area contributed by atoms with Crippen LogP contribution in [0.25, 0.3) is 0 Å². The lowest BCUT2D eigenvalue weighted by atomic mass is 9.76. The molecule has 1 saturated carbocycles. The third-order valence-electron chi connectivity index (χ3n) is 3.67. The van der Waals surface area contributed by atoms with Gasteiger partial charge in [-0.05, 0) is 38.0 Å². The highest BCUT2D eigenvalue weighted by Gasteiger charge is 2.27. The van der Waals surface area contributed by atoms with Gasteiger partial charge in [0.1, 0.15) is 0 Å². The second kappa shape index (κ2) is 4.88. The van der Waals surface area contributed by atoms with E-state index in [1.807, 2.05) is 0 Å². The van der Waals surface area contributed by atoms with Crippen molar-refractivity contribution in [2.75, 3.05) is 5.32 Å². The summed E-state index contributed by atoms with van der Waals surface area (Å²) in [6, 6.07) is 0.435. The highest BCUT2D eigenvalue weighted by atomic mass is 32.1. The number of carboxylic acid groups (broad SMARTS) is 1. The van der Waals surface area contributed by atoms with E-state index in [4.69, 9.17) is 5.11 Å². The van der Waals surface area contributed by atoms with Crippen molar-refractivity contribution in [1.29, 1.82) is 0 Å². The second-order valence-corrected chi connectivity index (χ2v) is 7.01. The summed E-state index contributed by atoms with van der Waals surface area (Å²) >= 11 is 1.43. The summed E-state index contributed by atoms with van der Waals surface area (Å²) in [5.74, 6) is -0.943. The Morgan fingerprint density at radius 1 is 1.44 bits per heavy atom. The Morgan fingerprint density at radius 3 is 2.56 bits per heavy atom. The van der Waals surface area contributed by atoms with Gasteiger partial charge < -0.3 is 10.4 Å². The maximum atomic E-state index is 10.9. The van der Waals surface area contributed by atoms with E-state index in [-0.39, 0.29) is 5.69 Å².